The van der Waals surface area contributed by atoms with Gasteiger partial charge in [0.05, 0.1) is 6.10 Å². The zero-order chi connectivity index (χ0) is 13.2. The highest BCUT2D eigenvalue weighted by atomic mass is 16.5. The first kappa shape index (κ1) is 14.9. The molecule has 1 rings (SSSR count). The standard InChI is InChI=1S/C16H25NO/c1-4-5-9-12-18-16(13-17-14(2)3)15-10-7-6-8-11-15/h4,6-8,10-11,14,16-17H,1,5,9,12-13H2,2-3H3. The van der Waals surface area contributed by atoms with Crippen molar-refractivity contribution >= 4 is 0 Å². The lowest BCUT2D eigenvalue weighted by Crippen LogP contribution is -2.29. The van der Waals surface area contributed by atoms with Gasteiger partial charge < -0.3 is 10.1 Å². The number of benzene rings is 1. The molecule has 100 valence electrons. The highest BCUT2D eigenvalue weighted by molar-refractivity contribution is 5.17. The fourth-order valence-corrected chi connectivity index (χ4v) is 1.74. The van der Waals surface area contributed by atoms with E-state index in [-0.39, 0.29) is 6.10 Å². The lowest BCUT2D eigenvalue weighted by molar-refractivity contribution is 0.0501. The predicted molar refractivity (Wildman–Crippen MR) is 77.7 cm³/mol. The molecule has 0 heterocycles. The Balaban J connectivity index is 2.49. The largest absolute Gasteiger partial charge is 0.372 e. The van der Waals surface area contributed by atoms with Crippen LogP contribution in [0.25, 0.3) is 0 Å². The Morgan fingerprint density at radius 1 is 1.28 bits per heavy atom. The number of allylic oxidation sites excluding steroid dienone is 1. The third-order valence-corrected chi connectivity index (χ3v) is 2.75. The monoisotopic (exact) mass is 247 g/mol. The van der Waals surface area contributed by atoms with Crippen LogP contribution >= 0.6 is 0 Å². The van der Waals surface area contributed by atoms with Crippen molar-refractivity contribution in [2.45, 2.75) is 38.8 Å². The van der Waals surface area contributed by atoms with E-state index in [4.69, 9.17) is 4.74 Å². The highest BCUT2D eigenvalue weighted by Gasteiger charge is 2.11. The average Bonchev–Trinajstić information content (AvgIpc) is 2.38. The Kier molecular flexibility index (Phi) is 7.38. The fourth-order valence-electron chi connectivity index (χ4n) is 1.74. The van der Waals surface area contributed by atoms with Crippen LogP contribution in [0.2, 0.25) is 0 Å². The van der Waals surface area contributed by atoms with Gasteiger partial charge >= 0.3 is 0 Å². The summed E-state index contributed by atoms with van der Waals surface area (Å²) in [6.45, 7) is 9.67. The Labute approximate surface area is 111 Å². The molecule has 0 fully saturated rings. The number of unbranched alkanes of at least 4 members (excludes halogenated alkanes) is 1. The molecule has 0 amide bonds. The van der Waals surface area contributed by atoms with Crippen LogP contribution in [0.15, 0.2) is 43.0 Å². The Hall–Kier alpha value is -1.12. The third kappa shape index (κ3) is 5.99. The first-order chi connectivity index (χ1) is 8.74. The van der Waals surface area contributed by atoms with Gasteiger partial charge in [-0.25, -0.2) is 0 Å². The molecule has 0 saturated carbocycles. The molecule has 18 heavy (non-hydrogen) atoms. The Morgan fingerprint density at radius 2 is 2.00 bits per heavy atom. The number of hydrogen-bond donors (Lipinski definition) is 1. The van der Waals surface area contributed by atoms with E-state index in [2.05, 4.69) is 50.0 Å². The van der Waals surface area contributed by atoms with Crippen molar-refractivity contribution < 1.29 is 4.74 Å². The quantitative estimate of drug-likeness (QED) is 0.530. The molecular weight excluding hydrogens is 222 g/mol. The lowest BCUT2D eigenvalue weighted by Gasteiger charge is -2.20. The molecule has 2 heteroatoms. The molecule has 0 aliphatic heterocycles. The second-order valence-corrected chi connectivity index (χ2v) is 4.76. The molecule has 0 saturated heterocycles. The van der Waals surface area contributed by atoms with Crippen LogP contribution in [0.3, 0.4) is 0 Å². The van der Waals surface area contributed by atoms with Crippen LogP contribution in [0.1, 0.15) is 38.4 Å². The average molecular weight is 247 g/mol. The minimum absolute atomic E-state index is 0.137. The summed E-state index contributed by atoms with van der Waals surface area (Å²) in [6, 6.07) is 10.9. The topological polar surface area (TPSA) is 21.3 Å². The maximum atomic E-state index is 5.97. The van der Waals surface area contributed by atoms with Gasteiger partial charge in [-0.05, 0) is 18.4 Å². The van der Waals surface area contributed by atoms with Gasteiger partial charge in [0, 0.05) is 19.2 Å². The summed E-state index contributed by atoms with van der Waals surface area (Å²) < 4.78 is 5.97. The van der Waals surface area contributed by atoms with E-state index in [1.165, 1.54) is 5.56 Å². The maximum absolute atomic E-state index is 5.97. The van der Waals surface area contributed by atoms with Crippen LogP contribution in [0.5, 0.6) is 0 Å². The van der Waals surface area contributed by atoms with Gasteiger partial charge in [0.25, 0.3) is 0 Å². The summed E-state index contributed by atoms with van der Waals surface area (Å²) in [5.41, 5.74) is 1.24. The van der Waals surface area contributed by atoms with E-state index >= 15 is 0 Å². The van der Waals surface area contributed by atoms with E-state index < -0.39 is 0 Å². The number of ether oxygens (including phenoxy) is 1. The summed E-state index contributed by atoms with van der Waals surface area (Å²) >= 11 is 0. The van der Waals surface area contributed by atoms with Crippen molar-refractivity contribution in [3.63, 3.8) is 0 Å². The number of rotatable bonds is 9. The molecule has 0 aromatic heterocycles. The molecular formula is C16H25NO. The SMILES string of the molecule is C=CCCCOC(CNC(C)C)c1ccccc1. The summed E-state index contributed by atoms with van der Waals surface area (Å²) in [6.07, 6.45) is 4.12. The molecule has 0 radical (unpaired) electrons. The second-order valence-electron chi connectivity index (χ2n) is 4.76. The predicted octanol–water partition coefficient (Wildman–Crippen LogP) is 3.71. The van der Waals surface area contributed by atoms with E-state index in [1.54, 1.807) is 0 Å². The van der Waals surface area contributed by atoms with Crippen molar-refractivity contribution in [1.82, 2.24) is 5.32 Å². The summed E-state index contributed by atoms with van der Waals surface area (Å²) in [4.78, 5) is 0. The van der Waals surface area contributed by atoms with E-state index in [0.717, 1.165) is 26.0 Å². The fraction of sp³-hybridized carbons (Fsp3) is 0.500. The summed E-state index contributed by atoms with van der Waals surface area (Å²) in [5.74, 6) is 0. The van der Waals surface area contributed by atoms with Crippen LogP contribution in [-0.2, 0) is 4.74 Å². The van der Waals surface area contributed by atoms with Gasteiger partial charge in [-0.1, -0.05) is 50.3 Å². The van der Waals surface area contributed by atoms with Crippen molar-refractivity contribution in [2.24, 2.45) is 0 Å². The molecule has 2 nitrogen and oxygen atoms in total. The van der Waals surface area contributed by atoms with Crippen LogP contribution < -0.4 is 5.32 Å². The minimum atomic E-state index is 0.137. The van der Waals surface area contributed by atoms with Gasteiger partial charge in [0.1, 0.15) is 0 Å². The Bertz CT molecular complexity index is 321. The van der Waals surface area contributed by atoms with Gasteiger partial charge in [-0.3, -0.25) is 0 Å². The van der Waals surface area contributed by atoms with Gasteiger partial charge in [-0.15, -0.1) is 6.58 Å². The third-order valence-electron chi connectivity index (χ3n) is 2.75. The van der Waals surface area contributed by atoms with Crippen LogP contribution in [0, 0.1) is 0 Å². The minimum Gasteiger partial charge on any atom is -0.372 e. The Morgan fingerprint density at radius 3 is 2.61 bits per heavy atom. The van der Waals surface area contributed by atoms with Crippen molar-refractivity contribution in [2.75, 3.05) is 13.2 Å². The smallest absolute Gasteiger partial charge is 0.0949 e. The van der Waals surface area contributed by atoms with Gasteiger partial charge in [0.15, 0.2) is 0 Å². The molecule has 1 aromatic carbocycles. The molecule has 1 atom stereocenters. The van der Waals surface area contributed by atoms with Crippen molar-refractivity contribution in [3.05, 3.63) is 48.6 Å². The zero-order valence-electron chi connectivity index (χ0n) is 11.6. The molecule has 1 unspecified atom stereocenters. The van der Waals surface area contributed by atoms with Gasteiger partial charge in [-0.2, -0.15) is 0 Å². The lowest BCUT2D eigenvalue weighted by atomic mass is 10.1. The first-order valence-corrected chi connectivity index (χ1v) is 6.75. The van der Waals surface area contributed by atoms with E-state index in [9.17, 15) is 0 Å². The molecule has 0 aliphatic carbocycles. The van der Waals surface area contributed by atoms with E-state index in [1.807, 2.05) is 12.1 Å². The molecule has 0 bridgehead atoms. The van der Waals surface area contributed by atoms with E-state index in [0.29, 0.717) is 6.04 Å². The van der Waals surface area contributed by atoms with Crippen LogP contribution in [0.4, 0.5) is 0 Å². The van der Waals surface area contributed by atoms with Crippen molar-refractivity contribution in [1.29, 1.82) is 0 Å². The second kappa shape index (κ2) is 8.90. The van der Waals surface area contributed by atoms with Crippen molar-refractivity contribution in [3.8, 4) is 0 Å². The molecule has 0 spiro atoms. The molecule has 0 aliphatic rings. The maximum Gasteiger partial charge on any atom is 0.0949 e. The number of hydrogen-bond acceptors (Lipinski definition) is 2. The summed E-state index contributed by atoms with van der Waals surface area (Å²) in [5, 5.41) is 3.44. The first-order valence-electron chi connectivity index (χ1n) is 6.75. The van der Waals surface area contributed by atoms with Gasteiger partial charge in [0.2, 0.25) is 0 Å². The number of nitrogens with one attached hydrogen (secondary N) is 1. The molecule has 1 N–H and O–H groups in total. The van der Waals surface area contributed by atoms with Crippen LogP contribution in [-0.4, -0.2) is 19.2 Å². The molecule has 1 aromatic rings. The summed E-state index contributed by atoms with van der Waals surface area (Å²) in [7, 11) is 0. The zero-order valence-corrected chi connectivity index (χ0v) is 11.6. The normalized spacial score (nSPS) is 12.6. The highest BCUT2D eigenvalue weighted by Crippen LogP contribution is 2.17.